The molecule has 0 aliphatic carbocycles. The Morgan fingerprint density at radius 2 is 2.17 bits per heavy atom. The Kier molecular flexibility index (Phi) is 3.68. The van der Waals surface area contributed by atoms with Crippen LogP contribution in [0.5, 0.6) is 0 Å². The molecule has 0 aliphatic rings. The van der Waals surface area contributed by atoms with Crippen LogP contribution in [0.15, 0.2) is 0 Å². The van der Waals surface area contributed by atoms with Crippen LogP contribution in [0.3, 0.4) is 0 Å². The molecule has 6 heavy (non-hydrogen) atoms. The van der Waals surface area contributed by atoms with Crippen LogP contribution in [0.1, 0.15) is 6.92 Å². The number of hydrogen-bond donors (Lipinski definition) is 2. The minimum atomic E-state index is -2.10. The van der Waals surface area contributed by atoms with Crippen molar-refractivity contribution in [3.8, 4) is 0 Å². The van der Waals surface area contributed by atoms with Crippen LogP contribution in [0, 0.1) is 0 Å². The first kappa shape index (κ1) is 6.31. The fourth-order valence-corrected chi connectivity index (χ4v) is 0.346. The van der Waals surface area contributed by atoms with Crippen molar-refractivity contribution in [3.05, 3.63) is 0 Å². The summed E-state index contributed by atoms with van der Waals surface area (Å²) >= 11 is 0. The standard InChI is InChI=1S/C2H7O3P/c1-2-5-6(3)4/h3-4H,2H2,1H3. The molecular weight excluding hydrogens is 103 g/mol. The van der Waals surface area contributed by atoms with E-state index in [2.05, 4.69) is 4.52 Å². The maximum absolute atomic E-state index is 7.95. The van der Waals surface area contributed by atoms with Gasteiger partial charge >= 0.3 is 8.60 Å². The van der Waals surface area contributed by atoms with E-state index < -0.39 is 8.60 Å². The highest BCUT2D eigenvalue weighted by molar-refractivity contribution is 7.39. The highest BCUT2D eigenvalue weighted by atomic mass is 31.2. The van der Waals surface area contributed by atoms with E-state index >= 15 is 0 Å². The second-order valence-corrected chi connectivity index (χ2v) is 1.43. The normalized spacial score (nSPS) is 10.0. The highest BCUT2D eigenvalue weighted by Gasteiger charge is 1.91. The molecule has 0 aromatic rings. The van der Waals surface area contributed by atoms with Crippen molar-refractivity contribution in [2.45, 2.75) is 6.92 Å². The van der Waals surface area contributed by atoms with Gasteiger partial charge in [0, 0.05) is 0 Å². The van der Waals surface area contributed by atoms with Gasteiger partial charge in [0.25, 0.3) is 0 Å². The predicted octanol–water partition coefficient (Wildman–Crippen LogP) is 0.234. The summed E-state index contributed by atoms with van der Waals surface area (Å²) in [5, 5.41) is 0. The van der Waals surface area contributed by atoms with E-state index in [0.29, 0.717) is 6.61 Å². The molecule has 0 spiro atoms. The Morgan fingerprint density at radius 3 is 2.17 bits per heavy atom. The molecule has 0 bridgehead atoms. The van der Waals surface area contributed by atoms with Crippen molar-refractivity contribution in [1.82, 2.24) is 0 Å². The summed E-state index contributed by atoms with van der Waals surface area (Å²) in [5.74, 6) is 0. The average molecular weight is 110 g/mol. The van der Waals surface area contributed by atoms with E-state index in [-0.39, 0.29) is 0 Å². The second-order valence-electron chi connectivity index (χ2n) is 0.671. The Hall–Kier alpha value is 0.310. The van der Waals surface area contributed by atoms with Crippen LogP contribution in [0.25, 0.3) is 0 Å². The van der Waals surface area contributed by atoms with E-state index in [1.54, 1.807) is 6.92 Å². The Bertz CT molecular complexity index is 30.0. The van der Waals surface area contributed by atoms with Gasteiger partial charge in [0.1, 0.15) is 0 Å². The van der Waals surface area contributed by atoms with Gasteiger partial charge in [0.05, 0.1) is 6.61 Å². The van der Waals surface area contributed by atoms with Crippen LogP contribution in [-0.4, -0.2) is 16.4 Å². The summed E-state index contributed by atoms with van der Waals surface area (Å²) in [6, 6.07) is 0. The summed E-state index contributed by atoms with van der Waals surface area (Å²) in [6.07, 6.45) is 0. The zero-order valence-electron chi connectivity index (χ0n) is 3.46. The lowest BCUT2D eigenvalue weighted by atomic mass is 10.9. The monoisotopic (exact) mass is 110 g/mol. The molecule has 0 saturated carbocycles. The molecule has 4 heteroatoms. The van der Waals surface area contributed by atoms with E-state index in [0.717, 1.165) is 0 Å². The summed E-state index contributed by atoms with van der Waals surface area (Å²) in [6.45, 7) is 2.06. The van der Waals surface area contributed by atoms with Crippen LogP contribution in [0.4, 0.5) is 0 Å². The van der Waals surface area contributed by atoms with Gasteiger partial charge in [-0.05, 0) is 6.92 Å². The number of rotatable bonds is 2. The fourth-order valence-electron chi connectivity index (χ4n) is 0.115. The fraction of sp³-hybridized carbons (Fsp3) is 1.00. The zero-order valence-corrected chi connectivity index (χ0v) is 4.35. The van der Waals surface area contributed by atoms with Gasteiger partial charge in [-0.2, -0.15) is 0 Å². The smallest absolute Gasteiger partial charge is 0.327 e. The van der Waals surface area contributed by atoms with Gasteiger partial charge in [-0.15, -0.1) is 0 Å². The van der Waals surface area contributed by atoms with Gasteiger partial charge in [0.2, 0.25) is 0 Å². The molecule has 38 valence electrons. The topological polar surface area (TPSA) is 49.7 Å². The van der Waals surface area contributed by atoms with Crippen molar-refractivity contribution in [2.24, 2.45) is 0 Å². The SMILES string of the molecule is CCOP(O)O. The molecule has 3 nitrogen and oxygen atoms in total. The van der Waals surface area contributed by atoms with E-state index in [9.17, 15) is 0 Å². The molecule has 0 atom stereocenters. The van der Waals surface area contributed by atoms with E-state index in [1.807, 2.05) is 0 Å². The molecule has 0 aromatic carbocycles. The average Bonchev–Trinajstić information content (AvgIpc) is 1.35. The van der Waals surface area contributed by atoms with Crippen LogP contribution >= 0.6 is 8.60 Å². The number of hydrogen-bond acceptors (Lipinski definition) is 3. The lowest BCUT2D eigenvalue weighted by molar-refractivity contribution is 0.269. The third-order valence-electron chi connectivity index (χ3n) is 0.245. The first-order valence-electron chi connectivity index (χ1n) is 1.58. The lowest BCUT2D eigenvalue weighted by Crippen LogP contribution is -1.78. The minimum Gasteiger partial charge on any atom is -0.328 e. The maximum Gasteiger partial charge on any atom is 0.327 e. The first-order chi connectivity index (χ1) is 2.77. The minimum absolute atomic E-state index is 0.360. The predicted molar refractivity (Wildman–Crippen MR) is 23.0 cm³/mol. The Labute approximate surface area is 37.6 Å². The van der Waals surface area contributed by atoms with Gasteiger partial charge in [-0.3, -0.25) is 0 Å². The summed E-state index contributed by atoms with van der Waals surface area (Å²) < 4.78 is 4.22. The Morgan fingerprint density at radius 1 is 1.67 bits per heavy atom. The molecular formula is C2H7O3P. The molecule has 0 unspecified atom stereocenters. The molecule has 2 N–H and O–H groups in total. The van der Waals surface area contributed by atoms with E-state index in [1.165, 1.54) is 0 Å². The lowest BCUT2D eigenvalue weighted by Gasteiger charge is -1.95. The van der Waals surface area contributed by atoms with Gasteiger partial charge in [0.15, 0.2) is 0 Å². The van der Waals surface area contributed by atoms with Gasteiger partial charge in [-0.1, -0.05) is 0 Å². The molecule has 0 aromatic heterocycles. The molecule has 0 heterocycles. The molecule has 0 fully saturated rings. The van der Waals surface area contributed by atoms with Crippen LogP contribution < -0.4 is 0 Å². The van der Waals surface area contributed by atoms with Crippen molar-refractivity contribution in [3.63, 3.8) is 0 Å². The van der Waals surface area contributed by atoms with Gasteiger partial charge < -0.3 is 14.3 Å². The quantitative estimate of drug-likeness (QED) is 0.500. The highest BCUT2D eigenvalue weighted by Crippen LogP contribution is 2.22. The third kappa shape index (κ3) is 4.31. The first-order valence-corrected chi connectivity index (χ1v) is 2.74. The van der Waals surface area contributed by atoms with Crippen molar-refractivity contribution in [1.29, 1.82) is 0 Å². The largest absolute Gasteiger partial charge is 0.328 e. The maximum atomic E-state index is 7.95. The molecule has 0 saturated heterocycles. The zero-order chi connectivity index (χ0) is 4.99. The van der Waals surface area contributed by atoms with Gasteiger partial charge in [-0.25, -0.2) is 0 Å². The van der Waals surface area contributed by atoms with Crippen LogP contribution in [-0.2, 0) is 4.52 Å². The molecule has 0 rings (SSSR count). The van der Waals surface area contributed by atoms with Crippen molar-refractivity contribution < 1.29 is 14.3 Å². The molecule has 0 radical (unpaired) electrons. The second kappa shape index (κ2) is 3.50. The Balaban J connectivity index is 2.63. The van der Waals surface area contributed by atoms with Crippen molar-refractivity contribution in [2.75, 3.05) is 6.61 Å². The molecule has 0 amide bonds. The third-order valence-corrected chi connectivity index (χ3v) is 0.734. The van der Waals surface area contributed by atoms with E-state index in [4.69, 9.17) is 9.79 Å². The summed E-state index contributed by atoms with van der Waals surface area (Å²) in [5.41, 5.74) is 0. The molecule has 0 aliphatic heterocycles. The van der Waals surface area contributed by atoms with Crippen molar-refractivity contribution >= 4 is 8.60 Å². The summed E-state index contributed by atoms with van der Waals surface area (Å²) in [4.78, 5) is 15.9. The summed E-state index contributed by atoms with van der Waals surface area (Å²) in [7, 11) is -2.10. The van der Waals surface area contributed by atoms with Crippen LogP contribution in [0.2, 0.25) is 0 Å².